The number of hydrogen-bond donors (Lipinski definition) is 3. The molecule has 2 heterocycles. The second-order valence-electron chi connectivity index (χ2n) is 6.41. The molecule has 0 bridgehead atoms. The predicted octanol–water partition coefficient (Wildman–Crippen LogP) is 3.25. The van der Waals surface area contributed by atoms with Crippen LogP contribution in [0.2, 0.25) is 0 Å². The zero-order valence-corrected chi connectivity index (χ0v) is 16.3. The molecule has 1 aromatic heterocycles. The Balaban J connectivity index is 1.84. The Labute approximate surface area is 162 Å². The third kappa shape index (κ3) is 4.05. The van der Waals surface area contributed by atoms with Crippen molar-refractivity contribution in [1.29, 1.82) is 0 Å². The molecule has 0 amide bonds. The van der Waals surface area contributed by atoms with Gasteiger partial charge in [0.15, 0.2) is 4.77 Å². The minimum atomic E-state index is -0.418. The van der Waals surface area contributed by atoms with Crippen molar-refractivity contribution in [1.82, 2.24) is 15.0 Å². The standard InChI is InChI=1S/C19H24N4O3S/c1-3-5-10-23-18(25)16(17(24)20-19(23)27)15-11-14(21-22-15)12-6-8-13(9-7-12)26-4-2/h6-9,14,21,25H,3-5,10-11H2,1-2H3,(H,20,24,27)/t14-/m0/s1. The number of hydrogen-bond acceptors (Lipinski definition) is 6. The summed E-state index contributed by atoms with van der Waals surface area (Å²) in [5.74, 6) is 0.692. The molecule has 0 radical (unpaired) electrons. The average Bonchev–Trinajstić information content (AvgIpc) is 3.12. The summed E-state index contributed by atoms with van der Waals surface area (Å²) < 4.78 is 7.25. The highest BCUT2D eigenvalue weighted by Gasteiger charge is 2.26. The molecule has 1 aliphatic rings. The van der Waals surface area contributed by atoms with Gasteiger partial charge < -0.3 is 15.3 Å². The molecule has 0 unspecified atom stereocenters. The Morgan fingerprint density at radius 2 is 2.07 bits per heavy atom. The van der Waals surface area contributed by atoms with E-state index in [0.29, 0.717) is 25.3 Å². The number of aromatic nitrogens is 2. The molecule has 27 heavy (non-hydrogen) atoms. The molecule has 8 heteroatoms. The van der Waals surface area contributed by atoms with Crippen molar-refractivity contribution in [2.24, 2.45) is 5.10 Å². The van der Waals surface area contributed by atoms with Crippen molar-refractivity contribution in [3.63, 3.8) is 0 Å². The minimum Gasteiger partial charge on any atom is -0.494 e. The number of rotatable bonds is 7. The lowest BCUT2D eigenvalue weighted by atomic mass is 10.00. The highest BCUT2D eigenvalue weighted by molar-refractivity contribution is 7.71. The van der Waals surface area contributed by atoms with Gasteiger partial charge in [0.05, 0.1) is 18.4 Å². The van der Waals surface area contributed by atoms with Gasteiger partial charge in [0.25, 0.3) is 5.56 Å². The van der Waals surface area contributed by atoms with E-state index in [4.69, 9.17) is 17.0 Å². The second kappa shape index (κ2) is 8.39. The Bertz CT molecular complexity index is 947. The van der Waals surface area contributed by atoms with Crippen molar-refractivity contribution < 1.29 is 9.84 Å². The fourth-order valence-electron chi connectivity index (χ4n) is 3.10. The number of aromatic amines is 1. The SMILES string of the molecule is CCCCn1c(O)c(C2=NN[C@H](c3ccc(OCC)cc3)C2)c(=O)[nH]c1=S. The predicted molar refractivity (Wildman–Crippen MR) is 107 cm³/mol. The van der Waals surface area contributed by atoms with E-state index in [2.05, 4.69) is 22.4 Å². The van der Waals surface area contributed by atoms with Gasteiger partial charge in [-0.25, -0.2) is 0 Å². The van der Waals surface area contributed by atoms with Gasteiger partial charge in [-0.3, -0.25) is 14.3 Å². The van der Waals surface area contributed by atoms with E-state index in [0.717, 1.165) is 24.2 Å². The van der Waals surface area contributed by atoms with Crippen molar-refractivity contribution in [3.05, 3.63) is 50.5 Å². The molecular weight excluding hydrogens is 364 g/mol. The summed E-state index contributed by atoms with van der Waals surface area (Å²) in [6.07, 6.45) is 2.31. The topological polar surface area (TPSA) is 91.6 Å². The largest absolute Gasteiger partial charge is 0.494 e. The number of aromatic hydroxyl groups is 1. The Hall–Kier alpha value is -2.61. The number of hydrazone groups is 1. The molecule has 144 valence electrons. The van der Waals surface area contributed by atoms with Gasteiger partial charge >= 0.3 is 0 Å². The van der Waals surface area contributed by atoms with E-state index in [1.165, 1.54) is 0 Å². The molecular formula is C19H24N4O3S. The molecule has 0 saturated heterocycles. The molecule has 3 rings (SSSR count). The van der Waals surface area contributed by atoms with E-state index < -0.39 is 5.56 Å². The van der Waals surface area contributed by atoms with Gasteiger partial charge in [0, 0.05) is 13.0 Å². The number of H-pyrrole nitrogens is 1. The Morgan fingerprint density at radius 3 is 2.74 bits per heavy atom. The Morgan fingerprint density at radius 1 is 1.33 bits per heavy atom. The molecule has 7 nitrogen and oxygen atoms in total. The lowest BCUT2D eigenvalue weighted by Crippen LogP contribution is -2.22. The lowest BCUT2D eigenvalue weighted by Gasteiger charge is -2.13. The van der Waals surface area contributed by atoms with Gasteiger partial charge in [0.1, 0.15) is 11.3 Å². The third-order valence-corrected chi connectivity index (χ3v) is 4.86. The van der Waals surface area contributed by atoms with Crippen LogP contribution in [0, 0.1) is 4.77 Å². The molecule has 0 fully saturated rings. The van der Waals surface area contributed by atoms with Crippen LogP contribution in [0.3, 0.4) is 0 Å². The van der Waals surface area contributed by atoms with Gasteiger partial charge in [-0.2, -0.15) is 5.10 Å². The Kier molecular flexibility index (Phi) is 5.95. The summed E-state index contributed by atoms with van der Waals surface area (Å²) in [4.78, 5) is 15.1. The zero-order chi connectivity index (χ0) is 19.4. The molecule has 1 aromatic carbocycles. The van der Waals surface area contributed by atoms with Gasteiger partial charge in [-0.05, 0) is 43.3 Å². The molecule has 1 aliphatic heterocycles. The summed E-state index contributed by atoms with van der Waals surface area (Å²) in [7, 11) is 0. The first kappa shape index (κ1) is 19.2. The van der Waals surface area contributed by atoms with E-state index in [1.807, 2.05) is 31.2 Å². The van der Waals surface area contributed by atoms with Crippen molar-refractivity contribution >= 4 is 17.9 Å². The van der Waals surface area contributed by atoms with E-state index in [1.54, 1.807) is 4.57 Å². The number of benzene rings is 1. The monoisotopic (exact) mass is 388 g/mol. The molecule has 2 aromatic rings. The van der Waals surface area contributed by atoms with Crippen LogP contribution in [-0.2, 0) is 6.54 Å². The first-order valence-corrected chi connectivity index (χ1v) is 9.57. The quantitative estimate of drug-likeness (QED) is 0.633. The fraction of sp³-hybridized carbons (Fsp3) is 0.421. The van der Waals surface area contributed by atoms with Crippen LogP contribution in [0.5, 0.6) is 11.6 Å². The lowest BCUT2D eigenvalue weighted by molar-refractivity contribution is 0.340. The second-order valence-corrected chi connectivity index (χ2v) is 6.80. The summed E-state index contributed by atoms with van der Waals surface area (Å²) >= 11 is 5.19. The first-order valence-electron chi connectivity index (χ1n) is 9.16. The van der Waals surface area contributed by atoms with Crippen LogP contribution in [0.15, 0.2) is 34.2 Å². The molecule has 0 saturated carbocycles. The van der Waals surface area contributed by atoms with Crippen LogP contribution < -0.4 is 15.7 Å². The molecule has 1 atom stereocenters. The van der Waals surface area contributed by atoms with Crippen molar-refractivity contribution in [2.75, 3.05) is 6.61 Å². The first-order chi connectivity index (χ1) is 13.0. The molecule has 3 N–H and O–H groups in total. The molecule has 0 spiro atoms. The van der Waals surface area contributed by atoms with Crippen LogP contribution in [-0.4, -0.2) is 27.0 Å². The van der Waals surface area contributed by atoms with Gasteiger partial charge in [0.2, 0.25) is 5.88 Å². The highest BCUT2D eigenvalue weighted by Crippen LogP contribution is 2.27. The summed E-state index contributed by atoms with van der Waals surface area (Å²) in [5.41, 5.74) is 4.37. The summed E-state index contributed by atoms with van der Waals surface area (Å²) in [5, 5.41) is 14.9. The average molecular weight is 388 g/mol. The maximum absolute atomic E-state index is 12.4. The van der Waals surface area contributed by atoms with Crippen LogP contribution in [0.1, 0.15) is 50.3 Å². The third-order valence-electron chi connectivity index (χ3n) is 4.54. The van der Waals surface area contributed by atoms with Crippen LogP contribution >= 0.6 is 12.2 Å². The summed E-state index contributed by atoms with van der Waals surface area (Å²) in [6.45, 7) is 5.16. The number of unbranched alkanes of at least 4 members (excludes halogenated alkanes) is 1. The smallest absolute Gasteiger partial charge is 0.264 e. The number of nitrogens with one attached hydrogen (secondary N) is 2. The fourth-order valence-corrected chi connectivity index (χ4v) is 3.37. The van der Waals surface area contributed by atoms with Crippen molar-refractivity contribution in [3.8, 4) is 11.6 Å². The normalized spacial score (nSPS) is 16.1. The summed E-state index contributed by atoms with van der Waals surface area (Å²) in [6, 6.07) is 7.69. The van der Waals surface area contributed by atoms with Crippen LogP contribution in [0.25, 0.3) is 0 Å². The maximum Gasteiger partial charge on any atom is 0.264 e. The molecule has 0 aliphatic carbocycles. The number of ether oxygens (including phenoxy) is 1. The van der Waals surface area contributed by atoms with Crippen molar-refractivity contribution in [2.45, 2.75) is 45.7 Å². The van der Waals surface area contributed by atoms with Crippen LogP contribution in [0.4, 0.5) is 0 Å². The minimum absolute atomic E-state index is 0.0678. The van der Waals surface area contributed by atoms with Gasteiger partial charge in [-0.15, -0.1) is 0 Å². The zero-order valence-electron chi connectivity index (χ0n) is 15.5. The highest BCUT2D eigenvalue weighted by atomic mass is 32.1. The van der Waals surface area contributed by atoms with E-state index in [9.17, 15) is 9.90 Å². The van der Waals surface area contributed by atoms with E-state index in [-0.39, 0.29) is 22.3 Å². The van der Waals surface area contributed by atoms with Gasteiger partial charge in [-0.1, -0.05) is 25.5 Å². The maximum atomic E-state index is 12.4. The van der Waals surface area contributed by atoms with E-state index >= 15 is 0 Å². The number of nitrogens with zero attached hydrogens (tertiary/aromatic N) is 2.